The highest BCUT2D eigenvalue weighted by molar-refractivity contribution is 5.50. The maximum Gasteiger partial charge on any atom is 0.115 e. The number of aliphatic hydroxyl groups excluding tert-OH is 1. The van der Waals surface area contributed by atoms with Gasteiger partial charge in [-0.3, -0.25) is 14.5 Å². The summed E-state index contributed by atoms with van der Waals surface area (Å²) in [5, 5.41) is 10.5. The molecule has 178 valence electrons. The second kappa shape index (κ2) is 9.57. The van der Waals surface area contributed by atoms with Crippen LogP contribution in [0.15, 0.2) is 24.4 Å². The van der Waals surface area contributed by atoms with Crippen LogP contribution in [0.2, 0.25) is 0 Å². The summed E-state index contributed by atoms with van der Waals surface area (Å²) in [5.74, 6) is 2.31. The van der Waals surface area contributed by atoms with Crippen LogP contribution in [-0.4, -0.2) is 73.6 Å². The number of aryl methyl sites for hydroxylation is 2. The van der Waals surface area contributed by atoms with E-state index in [0.717, 1.165) is 75.6 Å². The number of aromatic nitrogens is 3. The molecule has 5 rings (SSSR count). The average Bonchev–Trinajstić information content (AvgIpc) is 3.20. The summed E-state index contributed by atoms with van der Waals surface area (Å²) in [4.78, 5) is 17.3. The van der Waals surface area contributed by atoms with Crippen molar-refractivity contribution in [1.29, 1.82) is 0 Å². The smallest absolute Gasteiger partial charge is 0.115 e. The minimum Gasteiger partial charge on any atom is -0.390 e. The third-order valence-corrected chi connectivity index (χ3v) is 7.59. The van der Waals surface area contributed by atoms with Crippen molar-refractivity contribution < 1.29 is 5.11 Å². The van der Waals surface area contributed by atoms with Crippen molar-refractivity contribution in [1.82, 2.24) is 29.2 Å². The molecule has 7 nitrogen and oxygen atoms in total. The number of aliphatic hydroxyl groups is 1. The highest BCUT2D eigenvalue weighted by atomic mass is 16.3. The second-order valence-corrected chi connectivity index (χ2v) is 10.0. The molecule has 0 radical (unpaired) electrons. The Labute approximate surface area is 197 Å². The largest absolute Gasteiger partial charge is 0.390 e. The van der Waals surface area contributed by atoms with Gasteiger partial charge in [0.2, 0.25) is 0 Å². The summed E-state index contributed by atoms with van der Waals surface area (Å²) >= 11 is 0. The van der Waals surface area contributed by atoms with Gasteiger partial charge in [-0.2, -0.15) is 0 Å². The summed E-state index contributed by atoms with van der Waals surface area (Å²) < 4.78 is 2.26. The molecule has 0 saturated carbocycles. The second-order valence-electron chi connectivity index (χ2n) is 10.0. The molecule has 0 bridgehead atoms. The topological polar surface area (TPSA) is 60.7 Å². The van der Waals surface area contributed by atoms with Crippen LogP contribution in [-0.2, 0) is 26.0 Å². The van der Waals surface area contributed by atoms with Gasteiger partial charge in [-0.1, -0.05) is 6.07 Å². The number of nitrogens with zero attached hydrogens (tertiary/aromatic N) is 6. The molecule has 2 aromatic rings. The Morgan fingerprint density at radius 3 is 2.76 bits per heavy atom. The number of hydrogen-bond acceptors (Lipinski definition) is 6. The molecule has 0 aromatic carbocycles. The van der Waals surface area contributed by atoms with Crippen LogP contribution in [0.1, 0.15) is 67.6 Å². The molecule has 1 saturated heterocycles. The third-order valence-electron chi connectivity index (χ3n) is 7.59. The number of fused-ring (bicyclic) bond motifs is 2. The monoisotopic (exact) mass is 450 g/mol. The van der Waals surface area contributed by atoms with Gasteiger partial charge in [0.25, 0.3) is 0 Å². The normalized spacial score (nSPS) is 21.3. The molecule has 2 aromatic heterocycles. The Bertz CT molecular complexity index is 1000. The van der Waals surface area contributed by atoms with Crippen molar-refractivity contribution in [3.8, 4) is 0 Å². The van der Waals surface area contributed by atoms with Gasteiger partial charge in [0, 0.05) is 51.4 Å². The van der Waals surface area contributed by atoms with Gasteiger partial charge in [0.1, 0.15) is 11.6 Å². The van der Waals surface area contributed by atoms with Gasteiger partial charge in [-0.05, 0) is 64.3 Å². The lowest BCUT2D eigenvalue weighted by atomic mass is 9.90. The average molecular weight is 451 g/mol. The number of likely N-dealkylation sites (N-methyl/N-ethyl adjacent to an activating group) is 1. The third kappa shape index (κ3) is 4.34. The predicted molar refractivity (Wildman–Crippen MR) is 130 cm³/mol. The van der Waals surface area contributed by atoms with Crippen molar-refractivity contribution in [2.45, 2.75) is 71.2 Å². The van der Waals surface area contributed by atoms with Crippen LogP contribution in [0.25, 0.3) is 5.82 Å². The van der Waals surface area contributed by atoms with E-state index in [1.54, 1.807) is 0 Å². The van der Waals surface area contributed by atoms with E-state index in [9.17, 15) is 5.11 Å². The minimum absolute atomic E-state index is 0.0128. The standard InChI is InChI=1S/C26H38N6O/c1-19(2)31(22-9-4-7-20-8-6-12-27-26(20)22)17-21-23(18-33)32-24(28-21)10-5-11-25(32)30-15-13-29(3)14-16-30/h6,8,11-12,19,22,33H,4-5,7,9-10,13-18H2,1-3H3/t22-/m0/s1. The van der Waals surface area contributed by atoms with Crippen LogP contribution in [0, 0.1) is 0 Å². The molecule has 1 N–H and O–H groups in total. The lowest BCUT2D eigenvalue weighted by Crippen LogP contribution is -2.45. The molecule has 33 heavy (non-hydrogen) atoms. The zero-order chi connectivity index (χ0) is 22.9. The fourth-order valence-electron chi connectivity index (χ4n) is 5.74. The van der Waals surface area contributed by atoms with Gasteiger partial charge in [0.15, 0.2) is 0 Å². The van der Waals surface area contributed by atoms with Gasteiger partial charge < -0.3 is 14.9 Å². The lowest BCUT2D eigenvalue weighted by Gasteiger charge is -2.38. The van der Waals surface area contributed by atoms with E-state index in [4.69, 9.17) is 9.97 Å². The minimum atomic E-state index is 0.0128. The molecule has 1 aliphatic carbocycles. The Kier molecular flexibility index (Phi) is 6.54. The van der Waals surface area contributed by atoms with Crippen molar-refractivity contribution in [3.63, 3.8) is 0 Å². The number of pyridine rings is 1. The summed E-state index contributed by atoms with van der Waals surface area (Å²) in [7, 11) is 2.19. The summed E-state index contributed by atoms with van der Waals surface area (Å²) in [6, 6.07) is 4.95. The van der Waals surface area contributed by atoms with Crippen LogP contribution in [0.5, 0.6) is 0 Å². The molecular weight excluding hydrogens is 412 g/mol. The number of rotatable bonds is 6. The predicted octanol–water partition coefficient (Wildman–Crippen LogP) is 3.05. The van der Waals surface area contributed by atoms with Gasteiger partial charge in [-0.25, -0.2) is 4.98 Å². The molecule has 3 aliphatic rings. The molecule has 0 amide bonds. The van der Waals surface area contributed by atoms with Crippen molar-refractivity contribution >= 4 is 5.82 Å². The zero-order valence-electron chi connectivity index (χ0n) is 20.4. The van der Waals surface area contributed by atoms with E-state index in [1.807, 2.05) is 6.20 Å². The molecule has 2 aliphatic heterocycles. The summed E-state index contributed by atoms with van der Waals surface area (Å²) in [5.41, 5.74) is 4.58. The Hall–Kier alpha value is -2.22. The fraction of sp³-hybridized carbons (Fsp3) is 0.615. The Morgan fingerprint density at radius 2 is 2.00 bits per heavy atom. The van der Waals surface area contributed by atoms with E-state index in [-0.39, 0.29) is 6.61 Å². The van der Waals surface area contributed by atoms with Crippen LogP contribution in [0.4, 0.5) is 0 Å². The van der Waals surface area contributed by atoms with Crippen LogP contribution < -0.4 is 0 Å². The van der Waals surface area contributed by atoms with Crippen molar-refractivity contribution in [2.24, 2.45) is 0 Å². The van der Waals surface area contributed by atoms with Crippen LogP contribution in [0.3, 0.4) is 0 Å². The van der Waals surface area contributed by atoms with Gasteiger partial charge >= 0.3 is 0 Å². The maximum absolute atomic E-state index is 10.5. The number of piperazine rings is 1. The van der Waals surface area contributed by atoms with E-state index in [0.29, 0.717) is 12.1 Å². The fourth-order valence-corrected chi connectivity index (χ4v) is 5.74. The number of imidazole rings is 1. The molecule has 4 heterocycles. The molecule has 0 spiro atoms. The number of hydrogen-bond donors (Lipinski definition) is 1. The van der Waals surface area contributed by atoms with Crippen LogP contribution >= 0.6 is 0 Å². The SMILES string of the molecule is CC(C)N(Cc1nc2n(c1CO)C(N1CCN(C)CC1)=CCC2)[C@H]1CCCc2cccnc21. The molecule has 1 atom stereocenters. The summed E-state index contributed by atoms with van der Waals surface area (Å²) in [6.07, 6.45) is 9.63. The first-order chi connectivity index (χ1) is 16.1. The molecule has 0 unspecified atom stereocenters. The number of allylic oxidation sites excluding steroid dienone is 1. The maximum atomic E-state index is 10.5. The zero-order valence-corrected chi connectivity index (χ0v) is 20.4. The van der Waals surface area contributed by atoms with E-state index < -0.39 is 0 Å². The first kappa shape index (κ1) is 22.6. The highest BCUT2D eigenvalue weighted by Gasteiger charge is 2.32. The van der Waals surface area contributed by atoms with Gasteiger partial charge in [-0.15, -0.1) is 0 Å². The molecule has 1 fully saturated rings. The Morgan fingerprint density at radius 1 is 1.18 bits per heavy atom. The van der Waals surface area contributed by atoms with E-state index in [1.165, 1.54) is 23.5 Å². The first-order valence-corrected chi connectivity index (χ1v) is 12.6. The molecule has 7 heteroatoms. The first-order valence-electron chi connectivity index (χ1n) is 12.6. The molecular formula is C26H38N6O. The van der Waals surface area contributed by atoms with Crippen molar-refractivity contribution in [2.75, 3.05) is 33.2 Å². The van der Waals surface area contributed by atoms with E-state index >= 15 is 0 Å². The quantitative estimate of drug-likeness (QED) is 0.730. The van der Waals surface area contributed by atoms with Crippen molar-refractivity contribution in [3.05, 3.63) is 52.9 Å². The van der Waals surface area contributed by atoms with E-state index in [2.05, 4.69) is 58.4 Å². The lowest BCUT2D eigenvalue weighted by molar-refractivity contribution is 0.123. The Balaban J connectivity index is 1.46. The highest BCUT2D eigenvalue weighted by Crippen LogP contribution is 2.36. The van der Waals surface area contributed by atoms with Gasteiger partial charge in [0.05, 0.1) is 29.7 Å². The summed E-state index contributed by atoms with van der Waals surface area (Å²) in [6.45, 7) is 9.45.